The minimum atomic E-state index is -0.133. The summed E-state index contributed by atoms with van der Waals surface area (Å²) in [4.78, 5) is 26.7. The van der Waals surface area contributed by atoms with Crippen molar-refractivity contribution in [3.8, 4) is 11.5 Å². The summed E-state index contributed by atoms with van der Waals surface area (Å²) in [5.41, 5.74) is 2.83. The van der Waals surface area contributed by atoms with Crippen LogP contribution in [-0.2, 0) is 4.79 Å². The molecule has 154 valence electrons. The van der Waals surface area contributed by atoms with Crippen molar-refractivity contribution < 1.29 is 19.1 Å². The Bertz CT molecular complexity index is 856. The van der Waals surface area contributed by atoms with E-state index >= 15 is 0 Å². The van der Waals surface area contributed by atoms with E-state index in [1.165, 1.54) is 0 Å². The minimum absolute atomic E-state index is 0.00468. The average Bonchev–Trinajstić information content (AvgIpc) is 2.75. The first kappa shape index (κ1) is 20.7. The first-order chi connectivity index (χ1) is 14.0. The Morgan fingerprint density at radius 3 is 2.41 bits per heavy atom. The maximum atomic E-state index is 12.6. The molecule has 0 unspecified atom stereocenters. The number of methoxy groups -OCH3 is 1. The number of amides is 2. The fourth-order valence-corrected chi connectivity index (χ4v) is 3.44. The van der Waals surface area contributed by atoms with Crippen molar-refractivity contribution in [1.29, 1.82) is 0 Å². The van der Waals surface area contributed by atoms with E-state index in [-0.39, 0.29) is 24.5 Å². The fourth-order valence-electron chi connectivity index (χ4n) is 3.44. The van der Waals surface area contributed by atoms with Gasteiger partial charge in [0, 0.05) is 24.7 Å². The summed E-state index contributed by atoms with van der Waals surface area (Å²) in [5, 5.41) is 3.02. The van der Waals surface area contributed by atoms with Gasteiger partial charge in [0.15, 0.2) is 6.61 Å². The third kappa shape index (κ3) is 5.28. The second kappa shape index (κ2) is 9.45. The predicted octanol–water partition coefficient (Wildman–Crippen LogP) is 3.11. The van der Waals surface area contributed by atoms with Crippen LogP contribution in [0.4, 0.5) is 0 Å². The molecule has 0 radical (unpaired) electrons. The number of aryl methyl sites for hydroxylation is 1. The van der Waals surface area contributed by atoms with Gasteiger partial charge in [0.05, 0.1) is 7.11 Å². The number of benzene rings is 2. The van der Waals surface area contributed by atoms with E-state index in [1.807, 2.05) is 36.9 Å². The smallest absolute Gasteiger partial charge is 0.258 e. The third-order valence-corrected chi connectivity index (χ3v) is 5.40. The van der Waals surface area contributed by atoms with Crippen molar-refractivity contribution in [1.82, 2.24) is 10.2 Å². The lowest BCUT2D eigenvalue weighted by atomic mass is 10.0. The Balaban J connectivity index is 1.44. The first-order valence-electron chi connectivity index (χ1n) is 9.89. The zero-order chi connectivity index (χ0) is 20.8. The Labute approximate surface area is 171 Å². The number of carbonyl (C=O) groups excluding carboxylic acids is 2. The summed E-state index contributed by atoms with van der Waals surface area (Å²) in [6.07, 6.45) is 1.47. The second-order valence-corrected chi connectivity index (χ2v) is 7.35. The predicted molar refractivity (Wildman–Crippen MR) is 111 cm³/mol. The van der Waals surface area contributed by atoms with Gasteiger partial charge in [-0.25, -0.2) is 0 Å². The lowest BCUT2D eigenvalue weighted by Gasteiger charge is -2.32. The van der Waals surface area contributed by atoms with Crippen molar-refractivity contribution >= 4 is 11.8 Å². The number of carbonyl (C=O) groups is 2. The molecule has 1 N–H and O–H groups in total. The molecule has 29 heavy (non-hydrogen) atoms. The number of hydrogen-bond acceptors (Lipinski definition) is 4. The Hall–Kier alpha value is -3.02. The molecule has 1 heterocycles. The zero-order valence-corrected chi connectivity index (χ0v) is 17.2. The number of nitrogens with one attached hydrogen (secondary N) is 1. The first-order valence-corrected chi connectivity index (χ1v) is 9.89. The van der Waals surface area contributed by atoms with E-state index in [9.17, 15) is 9.59 Å². The topological polar surface area (TPSA) is 67.9 Å². The Morgan fingerprint density at radius 1 is 1.07 bits per heavy atom. The van der Waals surface area contributed by atoms with Gasteiger partial charge in [0.1, 0.15) is 11.5 Å². The molecule has 0 atom stereocenters. The molecule has 6 heteroatoms. The van der Waals surface area contributed by atoms with Gasteiger partial charge in [-0.2, -0.15) is 0 Å². The van der Waals surface area contributed by atoms with Crippen LogP contribution in [0.1, 0.15) is 34.3 Å². The molecule has 0 saturated carbocycles. The van der Waals surface area contributed by atoms with Gasteiger partial charge in [0.2, 0.25) is 0 Å². The van der Waals surface area contributed by atoms with E-state index in [4.69, 9.17) is 9.47 Å². The largest absolute Gasteiger partial charge is 0.497 e. The molecule has 0 aromatic heterocycles. The maximum Gasteiger partial charge on any atom is 0.258 e. The SMILES string of the molecule is COc1ccc(C(=O)N2CCC(NC(=O)COc3cccc(C)c3C)CC2)cc1. The number of rotatable bonds is 6. The molecule has 2 aromatic rings. The molecule has 1 aliphatic heterocycles. The van der Waals surface area contributed by atoms with Crippen LogP contribution >= 0.6 is 0 Å². The van der Waals surface area contributed by atoms with E-state index < -0.39 is 0 Å². The molecule has 3 rings (SSSR count). The summed E-state index contributed by atoms with van der Waals surface area (Å²) >= 11 is 0. The molecule has 0 aliphatic carbocycles. The Morgan fingerprint density at radius 2 is 1.76 bits per heavy atom. The molecule has 2 aromatic carbocycles. The van der Waals surface area contributed by atoms with Gasteiger partial charge in [-0.1, -0.05) is 12.1 Å². The molecular weight excluding hydrogens is 368 g/mol. The average molecular weight is 396 g/mol. The fraction of sp³-hybridized carbons (Fsp3) is 0.391. The third-order valence-electron chi connectivity index (χ3n) is 5.40. The van der Waals surface area contributed by atoms with Crippen molar-refractivity contribution in [2.45, 2.75) is 32.7 Å². The number of likely N-dealkylation sites (tertiary alicyclic amines) is 1. The van der Waals surface area contributed by atoms with E-state index in [1.54, 1.807) is 31.4 Å². The molecule has 2 amide bonds. The van der Waals surface area contributed by atoms with Gasteiger partial charge < -0.3 is 19.7 Å². The zero-order valence-electron chi connectivity index (χ0n) is 17.2. The highest BCUT2D eigenvalue weighted by molar-refractivity contribution is 5.94. The monoisotopic (exact) mass is 396 g/mol. The van der Waals surface area contributed by atoms with Gasteiger partial charge in [-0.3, -0.25) is 9.59 Å². The van der Waals surface area contributed by atoms with Gasteiger partial charge in [-0.15, -0.1) is 0 Å². The maximum absolute atomic E-state index is 12.6. The van der Waals surface area contributed by atoms with E-state index in [0.29, 0.717) is 18.7 Å². The summed E-state index contributed by atoms with van der Waals surface area (Å²) in [7, 11) is 1.60. The number of ether oxygens (including phenoxy) is 2. The van der Waals surface area contributed by atoms with Gasteiger partial charge in [-0.05, 0) is 68.1 Å². The van der Waals surface area contributed by atoms with Crippen LogP contribution in [0.5, 0.6) is 11.5 Å². The van der Waals surface area contributed by atoms with Crippen LogP contribution in [0.25, 0.3) is 0 Å². The number of piperidine rings is 1. The van der Waals surface area contributed by atoms with Crippen molar-refractivity contribution in [3.05, 3.63) is 59.2 Å². The van der Waals surface area contributed by atoms with E-state index in [0.717, 1.165) is 35.5 Å². The van der Waals surface area contributed by atoms with Crippen molar-refractivity contribution in [2.75, 3.05) is 26.8 Å². The highest BCUT2D eigenvalue weighted by atomic mass is 16.5. The molecule has 1 fully saturated rings. The molecule has 1 saturated heterocycles. The Kier molecular flexibility index (Phi) is 6.75. The van der Waals surface area contributed by atoms with Crippen molar-refractivity contribution in [2.24, 2.45) is 0 Å². The standard InChI is InChI=1S/C23H28N2O4/c1-16-5-4-6-21(17(16)2)29-15-22(26)24-19-11-13-25(14-12-19)23(27)18-7-9-20(28-3)10-8-18/h4-10,19H,11-15H2,1-3H3,(H,24,26). The lowest BCUT2D eigenvalue weighted by molar-refractivity contribution is -0.124. The molecular formula is C23H28N2O4. The lowest BCUT2D eigenvalue weighted by Crippen LogP contribution is -2.47. The van der Waals surface area contributed by atoms with Crippen LogP contribution in [0.2, 0.25) is 0 Å². The second-order valence-electron chi connectivity index (χ2n) is 7.35. The summed E-state index contributed by atoms with van der Waals surface area (Å²) in [5.74, 6) is 1.34. The molecule has 0 bridgehead atoms. The minimum Gasteiger partial charge on any atom is -0.497 e. The van der Waals surface area contributed by atoms with Gasteiger partial charge in [0.25, 0.3) is 11.8 Å². The van der Waals surface area contributed by atoms with Crippen LogP contribution in [0, 0.1) is 13.8 Å². The van der Waals surface area contributed by atoms with Crippen LogP contribution in [0.3, 0.4) is 0 Å². The molecule has 1 aliphatic rings. The highest BCUT2D eigenvalue weighted by Gasteiger charge is 2.24. The summed E-state index contributed by atoms with van der Waals surface area (Å²) in [6, 6.07) is 13.0. The normalized spacial score (nSPS) is 14.4. The summed E-state index contributed by atoms with van der Waals surface area (Å²) in [6.45, 7) is 5.23. The molecule has 0 spiro atoms. The highest BCUT2D eigenvalue weighted by Crippen LogP contribution is 2.20. The number of hydrogen-bond donors (Lipinski definition) is 1. The quantitative estimate of drug-likeness (QED) is 0.815. The summed E-state index contributed by atoms with van der Waals surface area (Å²) < 4.78 is 10.8. The molecule has 6 nitrogen and oxygen atoms in total. The van der Waals surface area contributed by atoms with Crippen LogP contribution in [0.15, 0.2) is 42.5 Å². The van der Waals surface area contributed by atoms with Crippen LogP contribution < -0.4 is 14.8 Å². The van der Waals surface area contributed by atoms with Crippen molar-refractivity contribution in [3.63, 3.8) is 0 Å². The number of nitrogens with zero attached hydrogens (tertiary/aromatic N) is 1. The van der Waals surface area contributed by atoms with Crippen LogP contribution in [-0.4, -0.2) is 49.6 Å². The van der Waals surface area contributed by atoms with E-state index in [2.05, 4.69) is 5.32 Å². The van der Waals surface area contributed by atoms with Gasteiger partial charge >= 0.3 is 0 Å².